The van der Waals surface area contributed by atoms with Crippen molar-refractivity contribution in [1.82, 2.24) is 4.98 Å². The molecule has 0 radical (unpaired) electrons. The van der Waals surface area contributed by atoms with Gasteiger partial charge < -0.3 is 0 Å². The molecule has 0 aromatic carbocycles. The van der Waals surface area contributed by atoms with E-state index in [1.807, 2.05) is 0 Å². The second kappa shape index (κ2) is 5.37. The predicted octanol–water partition coefficient (Wildman–Crippen LogP) is -0.0604. The van der Waals surface area contributed by atoms with Crippen LogP contribution in [0.4, 0.5) is 11.5 Å². The van der Waals surface area contributed by atoms with Gasteiger partial charge in [-0.3, -0.25) is 19.8 Å². The first-order valence-corrected chi connectivity index (χ1v) is 7.82. The number of pyridine rings is 1. The number of nitro groups is 1. The monoisotopic (exact) mass is 314 g/mol. The van der Waals surface area contributed by atoms with Crippen LogP contribution >= 0.6 is 0 Å². The summed E-state index contributed by atoms with van der Waals surface area (Å²) in [5, 5.41) is 16.0. The highest BCUT2D eigenvalue weighted by Gasteiger charge is 2.36. The quantitative estimate of drug-likeness (QED) is 0.610. The van der Waals surface area contributed by atoms with Crippen LogP contribution in [0.2, 0.25) is 0 Å². The fourth-order valence-electron chi connectivity index (χ4n) is 2.30. The normalized spacial score (nSPS) is 19.0. The lowest BCUT2D eigenvalue weighted by molar-refractivity contribution is -0.384. The Morgan fingerprint density at radius 1 is 1.52 bits per heavy atom. The fourth-order valence-corrected chi connectivity index (χ4v) is 3.18. The molecular formula is C11H14N4O5S. The van der Waals surface area contributed by atoms with Crippen molar-refractivity contribution in [3.63, 3.8) is 0 Å². The Balaban J connectivity index is 2.33. The van der Waals surface area contributed by atoms with Crippen LogP contribution in [0.1, 0.15) is 12.1 Å². The van der Waals surface area contributed by atoms with Crippen molar-refractivity contribution in [2.24, 2.45) is 11.1 Å². The maximum Gasteiger partial charge on any atom is 0.312 e. The lowest BCUT2D eigenvalue weighted by Gasteiger charge is -2.15. The number of aromatic nitrogens is 1. The SMILES string of the molecule is Cc1ccc([N+](=O)[O-])c(N2CC(CS(N)(=O)=O)CC2=O)n1. The number of primary sulfonamides is 1. The number of aryl methyl sites for hydroxylation is 1. The van der Waals surface area contributed by atoms with E-state index in [1.54, 1.807) is 6.92 Å². The number of rotatable bonds is 4. The molecule has 1 saturated heterocycles. The molecule has 0 bridgehead atoms. The van der Waals surface area contributed by atoms with Crippen LogP contribution in [-0.2, 0) is 14.8 Å². The van der Waals surface area contributed by atoms with Gasteiger partial charge in [0.25, 0.3) is 0 Å². The van der Waals surface area contributed by atoms with Crippen LogP contribution in [0.3, 0.4) is 0 Å². The summed E-state index contributed by atoms with van der Waals surface area (Å²) in [7, 11) is -3.70. The molecule has 1 unspecified atom stereocenters. The molecule has 2 heterocycles. The third-order valence-corrected chi connectivity index (χ3v) is 4.06. The van der Waals surface area contributed by atoms with E-state index in [4.69, 9.17) is 5.14 Å². The van der Waals surface area contributed by atoms with Crippen LogP contribution < -0.4 is 10.0 Å². The van der Waals surface area contributed by atoms with E-state index >= 15 is 0 Å². The van der Waals surface area contributed by atoms with Gasteiger partial charge in [0.05, 0.1) is 10.7 Å². The van der Waals surface area contributed by atoms with Crippen LogP contribution in [-0.4, -0.2) is 36.5 Å². The largest absolute Gasteiger partial charge is 0.312 e. The third-order valence-electron chi connectivity index (χ3n) is 3.12. The van der Waals surface area contributed by atoms with E-state index < -0.39 is 26.8 Å². The zero-order valence-electron chi connectivity index (χ0n) is 11.2. The molecule has 21 heavy (non-hydrogen) atoms. The summed E-state index contributed by atoms with van der Waals surface area (Å²) in [4.78, 5) is 27.6. The second-order valence-electron chi connectivity index (χ2n) is 4.96. The number of hydrogen-bond acceptors (Lipinski definition) is 6. The smallest absolute Gasteiger partial charge is 0.291 e. The first kappa shape index (κ1) is 15.3. The molecule has 1 aromatic rings. The highest BCUT2D eigenvalue weighted by atomic mass is 32.2. The summed E-state index contributed by atoms with van der Waals surface area (Å²) >= 11 is 0. The summed E-state index contributed by atoms with van der Waals surface area (Å²) < 4.78 is 22.2. The number of anilines is 1. The van der Waals surface area contributed by atoms with Crippen molar-refractivity contribution in [2.45, 2.75) is 13.3 Å². The topological polar surface area (TPSA) is 136 Å². The van der Waals surface area contributed by atoms with Crippen molar-refractivity contribution >= 4 is 27.4 Å². The second-order valence-corrected chi connectivity index (χ2v) is 6.62. The van der Waals surface area contributed by atoms with Crippen LogP contribution in [0.15, 0.2) is 12.1 Å². The molecular weight excluding hydrogens is 300 g/mol. The Hall–Kier alpha value is -2.07. The van der Waals surface area contributed by atoms with Crippen molar-refractivity contribution in [2.75, 3.05) is 17.2 Å². The van der Waals surface area contributed by atoms with Gasteiger partial charge in [0, 0.05) is 30.6 Å². The Morgan fingerprint density at radius 3 is 2.76 bits per heavy atom. The van der Waals surface area contributed by atoms with Gasteiger partial charge >= 0.3 is 5.69 Å². The van der Waals surface area contributed by atoms with Gasteiger partial charge in [0.15, 0.2) is 0 Å². The zero-order valence-corrected chi connectivity index (χ0v) is 12.0. The van der Waals surface area contributed by atoms with Gasteiger partial charge in [-0.15, -0.1) is 0 Å². The molecule has 1 fully saturated rings. The average Bonchev–Trinajstić information content (AvgIpc) is 2.66. The number of hydrogen-bond donors (Lipinski definition) is 1. The van der Waals surface area contributed by atoms with E-state index in [0.29, 0.717) is 5.69 Å². The van der Waals surface area contributed by atoms with Crippen molar-refractivity contribution < 1.29 is 18.1 Å². The molecule has 0 aliphatic carbocycles. The minimum atomic E-state index is -3.70. The van der Waals surface area contributed by atoms with E-state index in [0.717, 1.165) is 4.90 Å². The van der Waals surface area contributed by atoms with Gasteiger partial charge in [-0.2, -0.15) is 0 Å². The van der Waals surface area contributed by atoms with Crippen LogP contribution in [0.5, 0.6) is 0 Å². The van der Waals surface area contributed by atoms with Gasteiger partial charge in [-0.25, -0.2) is 18.5 Å². The zero-order chi connectivity index (χ0) is 15.8. The van der Waals surface area contributed by atoms with Crippen LogP contribution in [0.25, 0.3) is 0 Å². The maximum absolute atomic E-state index is 12.0. The molecule has 10 heteroatoms. The number of carbonyl (C=O) groups excluding carboxylic acids is 1. The highest BCUT2D eigenvalue weighted by Crippen LogP contribution is 2.31. The Morgan fingerprint density at radius 2 is 2.19 bits per heavy atom. The number of sulfonamides is 1. The third kappa shape index (κ3) is 3.52. The molecule has 2 rings (SSSR count). The Labute approximate surface area is 121 Å². The minimum Gasteiger partial charge on any atom is -0.291 e. The van der Waals surface area contributed by atoms with Gasteiger partial charge in [0.1, 0.15) is 0 Å². The number of nitrogens with zero attached hydrogens (tertiary/aromatic N) is 3. The molecule has 1 aromatic heterocycles. The number of carbonyl (C=O) groups is 1. The maximum atomic E-state index is 12.0. The highest BCUT2D eigenvalue weighted by molar-refractivity contribution is 7.89. The minimum absolute atomic E-state index is 0.0246. The standard InChI is InChI=1S/C11H14N4O5S/c1-7-2-3-9(15(17)18)11(13-7)14-5-8(4-10(14)16)6-21(12,19)20/h2-3,8H,4-6H2,1H3,(H2,12,19,20). The van der Waals surface area contributed by atoms with E-state index in [2.05, 4.69) is 4.98 Å². The molecule has 1 amide bonds. The molecule has 1 atom stereocenters. The van der Waals surface area contributed by atoms with E-state index in [9.17, 15) is 23.3 Å². The summed E-state index contributed by atoms with van der Waals surface area (Å²) in [6, 6.07) is 2.75. The molecule has 0 saturated carbocycles. The fraction of sp³-hybridized carbons (Fsp3) is 0.455. The van der Waals surface area contributed by atoms with E-state index in [-0.39, 0.29) is 30.2 Å². The van der Waals surface area contributed by atoms with Gasteiger partial charge in [0.2, 0.25) is 21.7 Å². The molecule has 1 aliphatic rings. The van der Waals surface area contributed by atoms with E-state index in [1.165, 1.54) is 12.1 Å². The first-order chi connectivity index (χ1) is 9.67. The van der Waals surface area contributed by atoms with Gasteiger partial charge in [-0.05, 0) is 13.0 Å². The van der Waals surface area contributed by atoms with Crippen molar-refractivity contribution in [3.8, 4) is 0 Å². The molecule has 114 valence electrons. The first-order valence-electron chi connectivity index (χ1n) is 6.10. The lowest BCUT2D eigenvalue weighted by Crippen LogP contribution is -2.28. The summed E-state index contributed by atoms with van der Waals surface area (Å²) in [6.07, 6.45) is -0.0246. The Bertz CT molecular complexity index is 703. The number of amides is 1. The number of nitrogens with two attached hydrogens (primary N) is 1. The molecule has 1 aliphatic heterocycles. The molecule has 9 nitrogen and oxygen atoms in total. The van der Waals surface area contributed by atoms with Crippen molar-refractivity contribution in [3.05, 3.63) is 27.9 Å². The summed E-state index contributed by atoms with van der Waals surface area (Å²) in [6.45, 7) is 1.70. The summed E-state index contributed by atoms with van der Waals surface area (Å²) in [5.74, 6) is -1.28. The van der Waals surface area contributed by atoms with Crippen molar-refractivity contribution in [1.29, 1.82) is 0 Å². The van der Waals surface area contributed by atoms with Crippen LogP contribution in [0, 0.1) is 23.0 Å². The predicted molar refractivity (Wildman–Crippen MR) is 74.1 cm³/mol. The molecule has 0 spiro atoms. The van der Waals surface area contributed by atoms with Gasteiger partial charge in [-0.1, -0.05) is 0 Å². The lowest BCUT2D eigenvalue weighted by atomic mass is 10.1. The summed E-state index contributed by atoms with van der Waals surface area (Å²) in [5.41, 5.74) is 0.239. The Kier molecular flexibility index (Phi) is 3.92. The average molecular weight is 314 g/mol. The molecule has 2 N–H and O–H groups in total.